The molecule has 3 rings (SSSR count). The molecular formula is C25H24O4. The van der Waals surface area contributed by atoms with Gasteiger partial charge in [0.15, 0.2) is 6.10 Å². The summed E-state index contributed by atoms with van der Waals surface area (Å²) in [5.74, 6) is 0.0396. The molecule has 29 heavy (non-hydrogen) atoms. The molecule has 4 nitrogen and oxygen atoms in total. The zero-order chi connectivity index (χ0) is 20.6. The highest BCUT2D eigenvalue weighted by atomic mass is 16.5. The number of ketones is 1. The third kappa shape index (κ3) is 5.55. The van der Waals surface area contributed by atoms with Crippen LogP contribution in [-0.4, -0.2) is 24.5 Å². The summed E-state index contributed by atoms with van der Waals surface area (Å²) in [7, 11) is 0. The van der Waals surface area contributed by atoms with E-state index in [4.69, 9.17) is 9.47 Å². The van der Waals surface area contributed by atoms with Gasteiger partial charge in [0.25, 0.3) is 0 Å². The molecule has 0 aliphatic heterocycles. The van der Waals surface area contributed by atoms with E-state index in [1.807, 2.05) is 61.5 Å². The third-order valence-electron chi connectivity index (χ3n) is 4.54. The van der Waals surface area contributed by atoms with Gasteiger partial charge in [-0.1, -0.05) is 54.6 Å². The van der Waals surface area contributed by atoms with Crippen LogP contribution in [0.1, 0.15) is 29.8 Å². The first kappa shape index (κ1) is 20.3. The smallest absolute Gasteiger partial charge is 0.310 e. The lowest BCUT2D eigenvalue weighted by molar-refractivity contribution is -0.145. The summed E-state index contributed by atoms with van der Waals surface area (Å²) in [6.45, 7) is 4.05. The van der Waals surface area contributed by atoms with Gasteiger partial charge in [0.2, 0.25) is 5.78 Å². The number of benzene rings is 3. The van der Waals surface area contributed by atoms with E-state index in [0.29, 0.717) is 17.9 Å². The normalized spacial score (nSPS) is 11.5. The fourth-order valence-corrected chi connectivity index (χ4v) is 3.02. The van der Waals surface area contributed by atoms with Gasteiger partial charge in [-0.2, -0.15) is 0 Å². The predicted molar refractivity (Wildman–Crippen MR) is 113 cm³/mol. The molecule has 0 radical (unpaired) electrons. The number of esters is 1. The van der Waals surface area contributed by atoms with Gasteiger partial charge < -0.3 is 9.47 Å². The van der Waals surface area contributed by atoms with Gasteiger partial charge in [0.05, 0.1) is 13.0 Å². The minimum absolute atomic E-state index is 0.121. The number of ether oxygens (including phenoxy) is 2. The van der Waals surface area contributed by atoms with Crippen molar-refractivity contribution in [1.82, 2.24) is 0 Å². The Labute approximate surface area is 171 Å². The van der Waals surface area contributed by atoms with Gasteiger partial charge in [-0.25, -0.2) is 0 Å². The zero-order valence-corrected chi connectivity index (χ0v) is 16.6. The number of carbonyl (C=O) groups excluding carboxylic acids is 2. The first-order chi connectivity index (χ1) is 14.1. The van der Waals surface area contributed by atoms with Gasteiger partial charge in [-0.3, -0.25) is 9.59 Å². The minimum Gasteiger partial charge on any atom is -0.494 e. The molecule has 0 fully saturated rings. The summed E-state index contributed by atoms with van der Waals surface area (Å²) in [4.78, 5) is 24.7. The number of rotatable bonds is 8. The summed E-state index contributed by atoms with van der Waals surface area (Å²) in [6, 6.07) is 24.6. The quantitative estimate of drug-likeness (QED) is 0.397. The van der Waals surface area contributed by atoms with E-state index >= 15 is 0 Å². The van der Waals surface area contributed by atoms with Crippen molar-refractivity contribution >= 4 is 11.8 Å². The monoisotopic (exact) mass is 388 g/mol. The van der Waals surface area contributed by atoms with Crippen molar-refractivity contribution in [2.24, 2.45) is 0 Å². The van der Waals surface area contributed by atoms with E-state index < -0.39 is 12.1 Å². The van der Waals surface area contributed by atoms with Crippen LogP contribution in [0.2, 0.25) is 0 Å². The Bertz CT molecular complexity index is 944. The van der Waals surface area contributed by atoms with E-state index in [0.717, 1.165) is 16.7 Å². The van der Waals surface area contributed by atoms with Crippen molar-refractivity contribution < 1.29 is 19.1 Å². The second-order valence-corrected chi connectivity index (χ2v) is 6.69. The molecule has 0 heterocycles. The lowest BCUT2D eigenvalue weighted by atomic mass is 10.0. The zero-order valence-electron chi connectivity index (χ0n) is 16.6. The summed E-state index contributed by atoms with van der Waals surface area (Å²) in [6.07, 6.45) is -0.722. The van der Waals surface area contributed by atoms with Crippen LogP contribution in [0.3, 0.4) is 0 Å². The number of hydrogen-bond donors (Lipinski definition) is 0. The summed E-state index contributed by atoms with van der Waals surface area (Å²) in [5, 5.41) is 0. The van der Waals surface area contributed by atoms with Crippen LogP contribution in [0, 0.1) is 0 Å². The molecule has 148 valence electrons. The highest BCUT2D eigenvalue weighted by Crippen LogP contribution is 2.20. The van der Waals surface area contributed by atoms with Crippen LogP contribution >= 0.6 is 0 Å². The Balaban J connectivity index is 1.56. The van der Waals surface area contributed by atoms with Crippen LogP contribution in [0.25, 0.3) is 11.1 Å². The number of carbonyl (C=O) groups is 2. The van der Waals surface area contributed by atoms with Gasteiger partial charge in [0, 0.05) is 5.56 Å². The van der Waals surface area contributed by atoms with Crippen molar-refractivity contribution in [2.75, 3.05) is 6.61 Å². The van der Waals surface area contributed by atoms with Crippen molar-refractivity contribution in [3.63, 3.8) is 0 Å². The molecule has 0 aromatic heterocycles. The maximum atomic E-state index is 12.5. The first-order valence-electron chi connectivity index (χ1n) is 9.67. The Morgan fingerprint density at radius 1 is 0.828 bits per heavy atom. The fraction of sp³-hybridized carbons (Fsp3) is 0.200. The predicted octanol–water partition coefficient (Wildman–Crippen LogP) is 5.11. The highest BCUT2D eigenvalue weighted by Gasteiger charge is 2.19. The van der Waals surface area contributed by atoms with E-state index in [-0.39, 0.29) is 12.2 Å². The lowest BCUT2D eigenvalue weighted by Gasteiger charge is -2.13. The first-order valence-corrected chi connectivity index (χ1v) is 9.67. The van der Waals surface area contributed by atoms with E-state index in [1.54, 1.807) is 31.2 Å². The average Bonchev–Trinajstić information content (AvgIpc) is 2.75. The average molecular weight is 388 g/mol. The molecule has 0 aliphatic carbocycles. The Morgan fingerprint density at radius 3 is 2.07 bits per heavy atom. The molecule has 1 atom stereocenters. The lowest BCUT2D eigenvalue weighted by Crippen LogP contribution is -2.25. The van der Waals surface area contributed by atoms with Gasteiger partial charge in [0.1, 0.15) is 5.75 Å². The van der Waals surface area contributed by atoms with Crippen molar-refractivity contribution in [2.45, 2.75) is 26.4 Å². The molecule has 0 amide bonds. The molecule has 0 bridgehead atoms. The largest absolute Gasteiger partial charge is 0.494 e. The van der Waals surface area contributed by atoms with Gasteiger partial charge in [-0.05, 0) is 54.8 Å². The Hall–Kier alpha value is -3.40. The van der Waals surface area contributed by atoms with Gasteiger partial charge >= 0.3 is 5.97 Å². The van der Waals surface area contributed by atoms with E-state index in [9.17, 15) is 9.59 Å². The molecule has 0 saturated heterocycles. The topological polar surface area (TPSA) is 52.6 Å². The summed E-state index contributed by atoms with van der Waals surface area (Å²) in [5.41, 5.74) is 3.54. The molecule has 0 N–H and O–H groups in total. The molecule has 0 saturated carbocycles. The van der Waals surface area contributed by atoms with Crippen LogP contribution in [-0.2, 0) is 16.0 Å². The fourth-order valence-electron chi connectivity index (χ4n) is 3.02. The maximum Gasteiger partial charge on any atom is 0.310 e. The maximum absolute atomic E-state index is 12.5. The van der Waals surface area contributed by atoms with Gasteiger partial charge in [-0.15, -0.1) is 0 Å². The Kier molecular flexibility index (Phi) is 6.80. The van der Waals surface area contributed by atoms with E-state index in [1.165, 1.54) is 0 Å². The third-order valence-corrected chi connectivity index (χ3v) is 4.54. The van der Waals surface area contributed by atoms with Crippen LogP contribution in [0.5, 0.6) is 5.75 Å². The highest BCUT2D eigenvalue weighted by molar-refractivity contribution is 6.00. The minimum atomic E-state index is -0.843. The molecule has 0 aliphatic rings. The second-order valence-electron chi connectivity index (χ2n) is 6.69. The second kappa shape index (κ2) is 9.69. The summed E-state index contributed by atoms with van der Waals surface area (Å²) >= 11 is 0. The molecule has 4 heteroatoms. The molecule has 0 unspecified atom stereocenters. The van der Waals surface area contributed by atoms with Crippen LogP contribution < -0.4 is 4.74 Å². The Morgan fingerprint density at radius 2 is 1.45 bits per heavy atom. The van der Waals surface area contributed by atoms with Crippen molar-refractivity contribution in [1.29, 1.82) is 0 Å². The van der Waals surface area contributed by atoms with Crippen LogP contribution in [0.4, 0.5) is 0 Å². The molecule has 3 aromatic rings. The molecular weight excluding hydrogens is 364 g/mol. The van der Waals surface area contributed by atoms with Crippen molar-refractivity contribution in [3.8, 4) is 16.9 Å². The van der Waals surface area contributed by atoms with E-state index in [2.05, 4.69) is 0 Å². The van der Waals surface area contributed by atoms with Crippen molar-refractivity contribution in [3.05, 3.63) is 90.0 Å². The number of hydrogen-bond acceptors (Lipinski definition) is 4. The summed E-state index contributed by atoms with van der Waals surface area (Å²) < 4.78 is 10.7. The standard InChI is InChI=1S/C25H24O4/c1-3-28-23-15-13-22(14-16-23)25(27)18(2)29-24(26)17-19-9-11-21(12-10-19)20-7-5-4-6-8-20/h4-16,18H,3,17H2,1-2H3/t18-/m1/s1. The van der Waals surface area contributed by atoms with Crippen LogP contribution in [0.15, 0.2) is 78.9 Å². The number of Topliss-reactive ketones (excluding diaryl/α,β-unsaturated/α-hetero) is 1. The SMILES string of the molecule is CCOc1ccc(C(=O)[C@@H](C)OC(=O)Cc2ccc(-c3ccccc3)cc2)cc1. The molecule has 3 aromatic carbocycles. The molecule has 0 spiro atoms.